The van der Waals surface area contributed by atoms with E-state index in [2.05, 4.69) is 16.8 Å². The molecule has 2 aliphatic heterocycles. The van der Waals surface area contributed by atoms with E-state index < -0.39 is 0 Å². The van der Waals surface area contributed by atoms with Crippen LogP contribution in [0.25, 0.3) is 0 Å². The van der Waals surface area contributed by atoms with Crippen LogP contribution >= 0.6 is 23.1 Å². The molecule has 1 unspecified atom stereocenters. The molecule has 126 valence electrons. The van der Waals surface area contributed by atoms with E-state index in [0.29, 0.717) is 19.0 Å². The van der Waals surface area contributed by atoms with Crippen molar-refractivity contribution in [2.45, 2.75) is 6.04 Å². The molecule has 0 saturated carbocycles. The molecule has 24 heavy (non-hydrogen) atoms. The van der Waals surface area contributed by atoms with Gasteiger partial charge in [0, 0.05) is 34.7 Å². The molecule has 0 radical (unpaired) electrons. The van der Waals surface area contributed by atoms with Crippen molar-refractivity contribution in [2.75, 3.05) is 36.6 Å². The molecule has 0 aliphatic carbocycles. The Labute approximate surface area is 148 Å². The molecule has 0 spiro atoms. The van der Waals surface area contributed by atoms with Crippen LogP contribution in [0.2, 0.25) is 0 Å². The average molecular weight is 362 g/mol. The number of benzene rings is 1. The maximum Gasteiger partial charge on any atom is 0.322 e. The minimum absolute atomic E-state index is 0.0645. The number of amides is 2. The summed E-state index contributed by atoms with van der Waals surface area (Å²) in [6.07, 6.45) is 0. The van der Waals surface area contributed by atoms with Crippen LogP contribution in [0.5, 0.6) is 11.5 Å². The summed E-state index contributed by atoms with van der Waals surface area (Å²) in [6.45, 7) is 1.85. The van der Waals surface area contributed by atoms with Crippen molar-refractivity contribution in [1.82, 2.24) is 4.90 Å². The Hall–Kier alpha value is -1.86. The molecule has 2 amide bonds. The topological polar surface area (TPSA) is 50.8 Å². The molecule has 3 heterocycles. The Bertz CT molecular complexity index is 721. The van der Waals surface area contributed by atoms with E-state index in [1.807, 2.05) is 40.9 Å². The highest BCUT2D eigenvalue weighted by molar-refractivity contribution is 7.99. The largest absolute Gasteiger partial charge is 0.486 e. The lowest BCUT2D eigenvalue weighted by molar-refractivity contribution is 0.171. The number of urea groups is 1. The van der Waals surface area contributed by atoms with E-state index in [4.69, 9.17) is 9.47 Å². The first-order valence-corrected chi connectivity index (χ1v) is 9.93. The van der Waals surface area contributed by atoms with Gasteiger partial charge in [-0.25, -0.2) is 4.79 Å². The number of thiophene rings is 1. The number of thioether (sulfide) groups is 1. The van der Waals surface area contributed by atoms with E-state index in [9.17, 15) is 4.79 Å². The van der Waals surface area contributed by atoms with Gasteiger partial charge in [-0.1, -0.05) is 6.07 Å². The average Bonchev–Trinajstić information content (AvgIpc) is 3.16. The number of fused-ring (bicyclic) bond motifs is 1. The third kappa shape index (κ3) is 3.18. The highest BCUT2D eigenvalue weighted by Gasteiger charge is 2.29. The first-order valence-electron chi connectivity index (χ1n) is 7.90. The number of rotatable bonds is 2. The first-order chi connectivity index (χ1) is 11.8. The number of carbonyl (C=O) groups excluding carboxylic acids is 1. The van der Waals surface area contributed by atoms with E-state index in [-0.39, 0.29) is 12.1 Å². The molecule has 1 saturated heterocycles. The van der Waals surface area contributed by atoms with Gasteiger partial charge in [0.1, 0.15) is 13.2 Å². The Morgan fingerprint density at radius 1 is 1.21 bits per heavy atom. The van der Waals surface area contributed by atoms with Crippen molar-refractivity contribution < 1.29 is 14.3 Å². The molecular formula is C17H18N2O3S2. The number of nitrogens with one attached hydrogen (secondary N) is 1. The number of hydrogen-bond acceptors (Lipinski definition) is 5. The van der Waals surface area contributed by atoms with Gasteiger partial charge in [-0.05, 0) is 23.6 Å². The van der Waals surface area contributed by atoms with Gasteiger partial charge in [-0.15, -0.1) is 11.3 Å². The number of hydrogen-bond donors (Lipinski definition) is 1. The van der Waals surface area contributed by atoms with E-state index in [1.165, 1.54) is 4.88 Å². The highest BCUT2D eigenvalue weighted by Crippen LogP contribution is 2.35. The van der Waals surface area contributed by atoms with Gasteiger partial charge in [0.15, 0.2) is 11.5 Å². The van der Waals surface area contributed by atoms with Gasteiger partial charge >= 0.3 is 6.03 Å². The van der Waals surface area contributed by atoms with Crippen molar-refractivity contribution in [2.24, 2.45) is 0 Å². The Morgan fingerprint density at radius 3 is 2.92 bits per heavy atom. The van der Waals surface area contributed by atoms with Crippen LogP contribution in [0.4, 0.5) is 10.5 Å². The lowest BCUT2D eigenvalue weighted by atomic mass is 10.2. The molecule has 7 heteroatoms. The molecule has 2 aliphatic rings. The molecular weight excluding hydrogens is 344 g/mol. The van der Waals surface area contributed by atoms with Crippen LogP contribution in [-0.4, -0.2) is 42.2 Å². The van der Waals surface area contributed by atoms with Crippen LogP contribution in [0, 0.1) is 0 Å². The molecule has 4 rings (SSSR count). The molecule has 1 fully saturated rings. The van der Waals surface area contributed by atoms with Crippen molar-refractivity contribution in [3.05, 3.63) is 40.6 Å². The second-order valence-corrected chi connectivity index (χ2v) is 7.72. The van der Waals surface area contributed by atoms with Crippen molar-refractivity contribution in [3.8, 4) is 11.5 Å². The predicted octanol–water partition coefficient (Wildman–Crippen LogP) is 3.84. The predicted molar refractivity (Wildman–Crippen MR) is 97.5 cm³/mol. The zero-order valence-corrected chi connectivity index (χ0v) is 14.7. The fourth-order valence-electron chi connectivity index (χ4n) is 2.88. The summed E-state index contributed by atoms with van der Waals surface area (Å²) in [5, 5.41) is 5.06. The maximum atomic E-state index is 12.8. The van der Waals surface area contributed by atoms with Crippen LogP contribution in [0.1, 0.15) is 10.9 Å². The summed E-state index contributed by atoms with van der Waals surface area (Å²) >= 11 is 3.60. The smallest absolute Gasteiger partial charge is 0.322 e. The Balaban J connectivity index is 1.50. The molecule has 1 atom stereocenters. The molecule has 0 bridgehead atoms. The summed E-state index contributed by atoms with van der Waals surface area (Å²) < 4.78 is 11.1. The third-order valence-corrected chi connectivity index (χ3v) is 6.05. The second kappa shape index (κ2) is 6.94. The van der Waals surface area contributed by atoms with Crippen LogP contribution < -0.4 is 14.8 Å². The van der Waals surface area contributed by atoms with E-state index in [1.54, 1.807) is 11.3 Å². The zero-order valence-electron chi connectivity index (χ0n) is 13.1. The van der Waals surface area contributed by atoms with Gasteiger partial charge in [-0.3, -0.25) is 0 Å². The summed E-state index contributed by atoms with van der Waals surface area (Å²) in [7, 11) is 0. The van der Waals surface area contributed by atoms with Gasteiger partial charge < -0.3 is 19.7 Å². The molecule has 1 N–H and O–H groups in total. The van der Waals surface area contributed by atoms with Gasteiger partial charge in [0.05, 0.1) is 6.04 Å². The number of carbonyl (C=O) groups is 1. The minimum Gasteiger partial charge on any atom is -0.486 e. The fraction of sp³-hybridized carbons (Fsp3) is 0.353. The first kappa shape index (κ1) is 15.7. The Morgan fingerprint density at radius 2 is 2.08 bits per heavy atom. The molecule has 1 aromatic heterocycles. The third-order valence-electron chi connectivity index (χ3n) is 4.05. The molecule has 5 nitrogen and oxygen atoms in total. The number of nitrogens with zero attached hydrogens (tertiary/aromatic N) is 1. The van der Waals surface area contributed by atoms with Crippen molar-refractivity contribution >= 4 is 34.8 Å². The normalized spacial score (nSPS) is 19.8. The van der Waals surface area contributed by atoms with Crippen LogP contribution in [0.3, 0.4) is 0 Å². The van der Waals surface area contributed by atoms with E-state index in [0.717, 1.165) is 29.5 Å². The lowest BCUT2D eigenvalue weighted by Gasteiger charge is -2.34. The molecule has 1 aromatic carbocycles. The maximum absolute atomic E-state index is 12.8. The lowest BCUT2D eigenvalue weighted by Crippen LogP contribution is -2.42. The second-order valence-electron chi connectivity index (χ2n) is 5.59. The van der Waals surface area contributed by atoms with Gasteiger partial charge in [0.25, 0.3) is 0 Å². The highest BCUT2D eigenvalue weighted by atomic mass is 32.2. The summed E-state index contributed by atoms with van der Waals surface area (Å²) in [6, 6.07) is 9.73. The zero-order chi connectivity index (χ0) is 16.4. The van der Waals surface area contributed by atoms with Crippen LogP contribution in [-0.2, 0) is 0 Å². The quantitative estimate of drug-likeness (QED) is 0.882. The summed E-state index contributed by atoms with van der Waals surface area (Å²) in [5.41, 5.74) is 0.729. The van der Waals surface area contributed by atoms with Crippen molar-refractivity contribution in [3.63, 3.8) is 0 Å². The van der Waals surface area contributed by atoms with Crippen molar-refractivity contribution in [1.29, 1.82) is 0 Å². The Kier molecular flexibility index (Phi) is 4.53. The SMILES string of the molecule is O=C(Nc1ccc2c(c1)OCCO2)N1CCSCC1c1cccs1. The van der Waals surface area contributed by atoms with Gasteiger partial charge in [-0.2, -0.15) is 11.8 Å². The number of ether oxygens (including phenoxy) is 2. The fourth-order valence-corrected chi connectivity index (χ4v) is 4.90. The number of anilines is 1. The summed E-state index contributed by atoms with van der Waals surface area (Å²) in [5.74, 6) is 3.32. The standard InChI is InChI=1S/C17H18N2O3S2/c20-17(18-12-3-4-14-15(10-12)22-7-6-21-14)19-5-9-23-11-13(19)16-2-1-8-24-16/h1-4,8,10,13H,5-7,9,11H2,(H,18,20). The molecule has 2 aromatic rings. The van der Waals surface area contributed by atoms with Crippen LogP contribution in [0.15, 0.2) is 35.7 Å². The minimum atomic E-state index is -0.0645. The van der Waals surface area contributed by atoms with E-state index >= 15 is 0 Å². The summed E-state index contributed by atoms with van der Waals surface area (Å²) in [4.78, 5) is 15.9. The monoisotopic (exact) mass is 362 g/mol. The van der Waals surface area contributed by atoms with Gasteiger partial charge in [0.2, 0.25) is 0 Å².